The molecule has 0 aromatic carbocycles. The summed E-state index contributed by atoms with van der Waals surface area (Å²) in [5, 5.41) is 3.53. The maximum absolute atomic E-state index is 5.45. The smallest absolute Gasteiger partial charge is 0.0480 e. The van der Waals surface area contributed by atoms with Crippen LogP contribution >= 0.6 is 0 Å². The van der Waals surface area contributed by atoms with Crippen molar-refractivity contribution < 1.29 is 4.74 Å². The van der Waals surface area contributed by atoms with Crippen molar-refractivity contribution in [1.29, 1.82) is 0 Å². The second kappa shape index (κ2) is 4.04. The summed E-state index contributed by atoms with van der Waals surface area (Å²) >= 11 is 0. The monoisotopic (exact) mass is 210 g/mol. The van der Waals surface area contributed by atoms with Gasteiger partial charge in [-0.3, -0.25) is 4.90 Å². The third kappa shape index (κ3) is 1.71. The molecule has 0 aromatic heterocycles. The minimum Gasteiger partial charge on any atom is -0.381 e. The third-order valence-electron chi connectivity index (χ3n) is 4.64. The van der Waals surface area contributed by atoms with Crippen LogP contribution in [0.15, 0.2) is 0 Å². The number of hydrogen-bond donors (Lipinski definition) is 1. The van der Waals surface area contributed by atoms with E-state index in [1.54, 1.807) is 0 Å². The van der Waals surface area contributed by atoms with Crippen molar-refractivity contribution in [1.82, 2.24) is 10.2 Å². The van der Waals surface area contributed by atoms with Crippen molar-refractivity contribution in [3.63, 3.8) is 0 Å². The summed E-state index contributed by atoms with van der Waals surface area (Å²) in [5.74, 6) is 1.83. The predicted octanol–water partition coefficient (Wildman–Crippen LogP) is 0.705. The van der Waals surface area contributed by atoms with Crippen LogP contribution in [0.4, 0.5) is 0 Å². The summed E-state index contributed by atoms with van der Waals surface area (Å²) in [6, 6.07) is 1.59. The van der Waals surface area contributed by atoms with E-state index < -0.39 is 0 Å². The average molecular weight is 210 g/mol. The Balaban J connectivity index is 1.67. The largest absolute Gasteiger partial charge is 0.381 e. The van der Waals surface area contributed by atoms with Gasteiger partial charge in [-0.05, 0) is 44.7 Å². The maximum atomic E-state index is 5.45. The Morgan fingerprint density at radius 3 is 2.73 bits per heavy atom. The summed E-state index contributed by atoms with van der Waals surface area (Å²) in [7, 11) is 0. The minimum absolute atomic E-state index is 0.785. The van der Waals surface area contributed by atoms with Crippen molar-refractivity contribution in [3.05, 3.63) is 0 Å². The fourth-order valence-electron chi connectivity index (χ4n) is 3.70. The first-order valence-electron chi connectivity index (χ1n) is 6.40. The first-order chi connectivity index (χ1) is 7.36. The lowest BCUT2D eigenvalue weighted by atomic mass is 9.95. The van der Waals surface area contributed by atoms with Gasteiger partial charge in [0, 0.05) is 31.8 Å². The topological polar surface area (TPSA) is 24.5 Å². The number of ether oxygens (including phenoxy) is 1. The molecule has 3 saturated heterocycles. The van der Waals surface area contributed by atoms with Crippen LogP contribution < -0.4 is 5.32 Å². The lowest BCUT2D eigenvalue weighted by molar-refractivity contribution is 0.0278. The van der Waals surface area contributed by atoms with Gasteiger partial charge < -0.3 is 10.1 Å². The summed E-state index contributed by atoms with van der Waals surface area (Å²) in [6.45, 7) is 8.18. The van der Waals surface area contributed by atoms with Crippen LogP contribution in [0.5, 0.6) is 0 Å². The van der Waals surface area contributed by atoms with Gasteiger partial charge in [0.15, 0.2) is 0 Å². The Morgan fingerprint density at radius 1 is 1.20 bits per heavy atom. The zero-order valence-electron chi connectivity index (χ0n) is 9.61. The first-order valence-corrected chi connectivity index (χ1v) is 6.40. The molecule has 0 spiro atoms. The second-order valence-electron chi connectivity index (χ2n) is 5.36. The number of hydrogen-bond acceptors (Lipinski definition) is 3. The lowest BCUT2D eigenvalue weighted by Gasteiger charge is -2.35. The molecule has 3 heteroatoms. The lowest BCUT2D eigenvalue weighted by Crippen LogP contribution is -2.43. The molecule has 15 heavy (non-hydrogen) atoms. The molecule has 0 amide bonds. The zero-order chi connectivity index (χ0) is 10.3. The van der Waals surface area contributed by atoms with Gasteiger partial charge in [0.1, 0.15) is 0 Å². The highest BCUT2D eigenvalue weighted by molar-refractivity contribution is 4.98. The van der Waals surface area contributed by atoms with Crippen LogP contribution in [-0.2, 0) is 4.74 Å². The third-order valence-corrected chi connectivity index (χ3v) is 4.64. The van der Waals surface area contributed by atoms with Gasteiger partial charge in [-0.2, -0.15) is 0 Å². The fourth-order valence-corrected chi connectivity index (χ4v) is 3.70. The standard InChI is InChI=1S/C12H22N2O/c1-9-12-7-13-6-10(12)8-14(9)11-2-4-15-5-3-11/h9-13H,2-8H2,1H3. The molecule has 0 bridgehead atoms. The van der Waals surface area contributed by atoms with Gasteiger partial charge in [0.05, 0.1) is 0 Å². The van der Waals surface area contributed by atoms with Crippen molar-refractivity contribution in [2.24, 2.45) is 11.8 Å². The Hall–Kier alpha value is -0.120. The molecule has 3 aliphatic heterocycles. The number of likely N-dealkylation sites (tertiary alicyclic amines) is 1. The number of nitrogens with one attached hydrogen (secondary N) is 1. The molecule has 86 valence electrons. The molecular weight excluding hydrogens is 188 g/mol. The first kappa shape index (κ1) is 10.1. The fraction of sp³-hybridized carbons (Fsp3) is 1.00. The predicted molar refractivity (Wildman–Crippen MR) is 59.9 cm³/mol. The number of fused-ring (bicyclic) bond motifs is 1. The molecule has 3 heterocycles. The van der Waals surface area contributed by atoms with E-state index in [-0.39, 0.29) is 0 Å². The van der Waals surface area contributed by atoms with E-state index in [4.69, 9.17) is 4.74 Å². The quantitative estimate of drug-likeness (QED) is 0.689. The Morgan fingerprint density at radius 2 is 2.00 bits per heavy atom. The molecule has 0 aliphatic carbocycles. The van der Waals surface area contributed by atoms with Crippen molar-refractivity contribution in [3.8, 4) is 0 Å². The molecule has 3 unspecified atom stereocenters. The van der Waals surface area contributed by atoms with Gasteiger partial charge in [-0.15, -0.1) is 0 Å². The van der Waals surface area contributed by atoms with E-state index in [2.05, 4.69) is 17.1 Å². The van der Waals surface area contributed by atoms with Crippen LogP contribution in [0.2, 0.25) is 0 Å². The molecule has 3 fully saturated rings. The zero-order valence-corrected chi connectivity index (χ0v) is 9.61. The summed E-state index contributed by atoms with van der Waals surface area (Å²) in [4.78, 5) is 2.76. The molecule has 3 aliphatic rings. The minimum atomic E-state index is 0.785. The van der Waals surface area contributed by atoms with E-state index in [1.807, 2.05) is 0 Å². The summed E-state index contributed by atoms with van der Waals surface area (Å²) in [6.07, 6.45) is 2.49. The molecule has 0 saturated carbocycles. The van der Waals surface area contributed by atoms with Crippen molar-refractivity contribution in [2.45, 2.75) is 31.8 Å². The van der Waals surface area contributed by atoms with E-state index in [0.29, 0.717) is 0 Å². The van der Waals surface area contributed by atoms with Crippen LogP contribution in [0.1, 0.15) is 19.8 Å². The molecule has 1 N–H and O–H groups in total. The van der Waals surface area contributed by atoms with Gasteiger partial charge in [0.2, 0.25) is 0 Å². The van der Waals surface area contributed by atoms with Crippen LogP contribution in [0.25, 0.3) is 0 Å². The highest BCUT2D eigenvalue weighted by Gasteiger charge is 2.44. The normalized spacial score (nSPS) is 43.4. The highest BCUT2D eigenvalue weighted by atomic mass is 16.5. The Kier molecular flexibility index (Phi) is 2.71. The molecule has 0 aromatic rings. The van der Waals surface area contributed by atoms with Gasteiger partial charge in [0.25, 0.3) is 0 Å². The Bertz CT molecular complexity index is 226. The average Bonchev–Trinajstić information content (AvgIpc) is 2.83. The number of rotatable bonds is 1. The Labute approximate surface area is 92.2 Å². The van der Waals surface area contributed by atoms with Crippen LogP contribution in [0.3, 0.4) is 0 Å². The maximum Gasteiger partial charge on any atom is 0.0480 e. The van der Waals surface area contributed by atoms with Gasteiger partial charge >= 0.3 is 0 Å². The van der Waals surface area contributed by atoms with Gasteiger partial charge in [-0.25, -0.2) is 0 Å². The van der Waals surface area contributed by atoms with Crippen LogP contribution in [-0.4, -0.2) is 49.8 Å². The highest BCUT2D eigenvalue weighted by Crippen LogP contribution is 2.35. The summed E-state index contributed by atoms with van der Waals surface area (Å²) < 4.78 is 5.45. The van der Waals surface area contributed by atoms with Crippen LogP contribution in [0, 0.1) is 11.8 Å². The van der Waals surface area contributed by atoms with E-state index in [9.17, 15) is 0 Å². The SMILES string of the molecule is CC1C2CNCC2CN1C1CCOCC1. The summed E-state index contributed by atoms with van der Waals surface area (Å²) in [5.41, 5.74) is 0. The molecule has 3 rings (SSSR count). The van der Waals surface area contributed by atoms with E-state index in [0.717, 1.165) is 37.1 Å². The molecular formula is C12H22N2O. The van der Waals surface area contributed by atoms with Gasteiger partial charge in [-0.1, -0.05) is 0 Å². The van der Waals surface area contributed by atoms with E-state index in [1.165, 1.54) is 32.5 Å². The molecule has 0 radical (unpaired) electrons. The molecule has 3 nitrogen and oxygen atoms in total. The van der Waals surface area contributed by atoms with Crippen molar-refractivity contribution >= 4 is 0 Å². The number of nitrogens with zero attached hydrogens (tertiary/aromatic N) is 1. The molecule has 3 atom stereocenters. The van der Waals surface area contributed by atoms with E-state index >= 15 is 0 Å². The second-order valence-corrected chi connectivity index (χ2v) is 5.36. The van der Waals surface area contributed by atoms with Crippen molar-refractivity contribution in [2.75, 3.05) is 32.8 Å².